The topological polar surface area (TPSA) is 51.1 Å². The smallest absolute Gasteiger partial charge is 0.271 e. The number of anilines is 1. The highest BCUT2D eigenvalue weighted by Crippen LogP contribution is 2.39. The van der Waals surface area contributed by atoms with Crippen molar-refractivity contribution in [2.24, 2.45) is 4.99 Å². The van der Waals surface area contributed by atoms with Gasteiger partial charge >= 0.3 is 0 Å². The lowest BCUT2D eigenvalue weighted by Gasteiger charge is -2.17. The number of hydrogen-bond acceptors (Lipinski definition) is 5. The molecule has 0 bridgehead atoms. The molecule has 0 spiro atoms. The predicted molar refractivity (Wildman–Crippen MR) is 146 cm³/mol. The third kappa shape index (κ3) is 5.28. The second-order valence-corrected chi connectivity index (χ2v) is 9.54. The van der Waals surface area contributed by atoms with E-state index < -0.39 is 0 Å². The van der Waals surface area contributed by atoms with Crippen LogP contribution in [0, 0.1) is 27.7 Å². The van der Waals surface area contributed by atoms with Crippen LogP contribution in [-0.2, 0) is 4.79 Å². The Morgan fingerprint density at radius 3 is 2.26 bits per heavy atom. The van der Waals surface area contributed by atoms with E-state index in [0.29, 0.717) is 28.2 Å². The summed E-state index contributed by atoms with van der Waals surface area (Å²) in [6.07, 6.45) is 1.88. The third-order valence-electron chi connectivity index (χ3n) is 6.06. The number of aliphatic imine (C=N–C) groups is 1. The van der Waals surface area contributed by atoms with Gasteiger partial charge in [-0.1, -0.05) is 18.2 Å². The zero-order chi connectivity index (χ0) is 25.1. The van der Waals surface area contributed by atoms with Gasteiger partial charge in [0.15, 0.2) is 16.7 Å². The van der Waals surface area contributed by atoms with Crippen LogP contribution in [0.1, 0.15) is 34.7 Å². The SMILES string of the molecule is CCOc1cc(C=C2SC(=Nc3ccc(C)c(C)c3)N(c3ccc(C)c(C)c3)C2=O)ccc1OC. The zero-order valence-corrected chi connectivity index (χ0v) is 21.8. The Balaban J connectivity index is 1.78. The molecule has 35 heavy (non-hydrogen) atoms. The van der Waals surface area contributed by atoms with E-state index in [4.69, 9.17) is 14.5 Å². The molecule has 1 fully saturated rings. The standard InChI is InChI=1S/C29H30N2O3S/c1-7-34-26-16-22(10-13-25(26)33-6)17-27-28(32)31(24-12-9-19(3)21(5)15-24)29(35-27)30-23-11-8-18(2)20(4)14-23/h8-17H,7H2,1-6H3. The predicted octanol–water partition coefficient (Wildman–Crippen LogP) is 7.14. The minimum absolute atomic E-state index is 0.102. The van der Waals surface area contributed by atoms with Crippen molar-refractivity contribution in [2.75, 3.05) is 18.6 Å². The molecule has 180 valence electrons. The Bertz CT molecular complexity index is 1340. The quantitative estimate of drug-likeness (QED) is 0.348. The fourth-order valence-electron chi connectivity index (χ4n) is 3.75. The normalized spacial score (nSPS) is 15.8. The van der Waals surface area contributed by atoms with E-state index in [-0.39, 0.29) is 5.91 Å². The first-order valence-electron chi connectivity index (χ1n) is 11.6. The molecule has 1 aliphatic rings. The minimum atomic E-state index is -0.102. The maximum atomic E-state index is 13.7. The van der Waals surface area contributed by atoms with Gasteiger partial charge in [0.25, 0.3) is 5.91 Å². The van der Waals surface area contributed by atoms with Crippen LogP contribution in [-0.4, -0.2) is 24.8 Å². The Morgan fingerprint density at radius 2 is 1.60 bits per heavy atom. The fraction of sp³-hybridized carbons (Fsp3) is 0.241. The fourth-order valence-corrected chi connectivity index (χ4v) is 4.75. The number of amides is 1. The lowest BCUT2D eigenvalue weighted by molar-refractivity contribution is -0.113. The van der Waals surface area contributed by atoms with Gasteiger partial charge in [0.2, 0.25) is 0 Å². The van der Waals surface area contributed by atoms with Gasteiger partial charge in [-0.3, -0.25) is 9.69 Å². The number of hydrogen-bond donors (Lipinski definition) is 0. The molecule has 3 aromatic rings. The molecule has 0 saturated carbocycles. The number of carbonyl (C=O) groups excluding carboxylic acids is 1. The summed E-state index contributed by atoms with van der Waals surface area (Å²) in [5.41, 5.74) is 7.16. The summed E-state index contributed by atoms with van der Waals surface area (Å²) in [6.45, 7) is 10.7. The molecule has 5 nitrogen and oxygen atoms in total. The average Bonchev–Trinajstić information content (AvgIpc) is 3.13. The van der Waals surface area contributed by atoms with Crippen LogP contribution in [0.2, 0.25) is 0 Å². The summed E-state index contributed by atoms with van der Waals surface area (Å²) in [5.74, 6) is 1.21. The van der Waals surface area contributed by atoms with E-state index in [1.54, 1.807) is 12.0 Å². The Morgan fingerprint density at radius 1 is 0.886 bits per heavy atom. The molecule has 0 aliphatic carbocycles. The molecule has 1 amide bonds. The Kier molecular flexibility index (Phi) is 7.31. The van der Waals surface area contributed by atoms with E-state index >= 15 is 0 Å². The third-order valence-corrected chi connectivity index (χ3v) is 7.02. The van der Waals surface area contributed by atoms with Gasteiger partial charge in [-0.2, -0.15) is 0 Å². The number of ether oxygens (including phenoxy) is 2. The molecule has 1 saturated heterocycles. The van der Waals surface area contributed by atoms with Gasteiger partial charge in [0, 0.05) is 0 Å². The molecular formula is C29H30N2O3S. The molecule has 4 rings (SSSR count). The van der Waals surface area contributed by atoms with Gasteiger partial charge in [-0.15, -0.1) is 0 Å². The van der Waals surface area contributed by atoms with Gasteiger partial charge in [-0.25, -0.2) is 4.99 Å². The van der Waals surface area contributed by atoms with Gasteiger partial charge < -0.3 is 9.47 Å². The highest BCUT2D eigenvalue weighted by molar-refractivity contribution is 8.19. The van der Waals surface area contributed by atoms with Gasteiger partial charge in [0.05, 0.1) is 30.0 Å². The van der Waals surface area contributed by atoms with Crippen molar-refractivity contribution in [3.8, 4) is 11.5 Å². The van der Waals surface area contributed by atoms with Gasteiger partial charge in [0.1, 0.15) is 0 Å². The first-order chi connectivity index (χ1) is 16.8. The summed E-state index contributed by atoms with van der Waals surface area (Å²) in [7, 11) is 1.61. The highest BCUT2D eigenvalue weighted by atomic mass is 32.2. The van der Waals surface area contributed by atoms with E-state index in [2.05, 4.69) is 33.8 Å². The number of methoxy groups -OCH3 is 1. The lowest BCUT2D eigenvalue weighted by Crippen LogP contribution is -2.28. The minimum Gasteiger partial charge on any atom is -0.493 e. The molecule has 1 heterocycles. The van der Waals surface area contributed by atoms with E-state index in [1.165, 1.54) is 22.9 Å². The molecule has 0 aromatic heterocycles. The van der Waals surface area contributed by atoms with E-state index in [9.17, 15) is 4.79 Å². The van der Waals surface area contributed by atoms with Crippen molar-refractivity contribution < 1.29 is 14.3 Å². The Labute approximate surface area is 211 Å². The number of carbonyl (C=O) groups is 1. The van der Waals surface area contributed by atoms with Crippen LogP contribution >= 0.6 is 11.8 Å². The van der Waals surface area contributed by atoms with Crippen molar-refractivity contribution in [1.29, 1.82) is 0 Å². The summed E-state index contributed by atoms with van der Waals surface area (Å²) < 4.78 is 11.1. The second-order valence-electron chi connectivity index (χ2n) is 8.53. The molecule has 0 N–H and O–H groups in total. The lowest BCUT2D eigenvalue weighted by atomic mass is 10.1. The molecular weight excluding hydrogens is 456 g/mol. The monoisotopic (exact) mass is 486 g/mol. The zero-order valence-electron chi connectivity index (χ0n) is 21.0. The molecule has 1 aliphatic heterocycles. The number of aryl methyl sites for hydroxylation is 4. The van der Waals surface area contributed by atoms with Crippen LogP contribution in [0.4, 0.5) is 11.4 Å². The second kappa shape index (κ2) is 10.4. The maximum absolute atomic E-state index is 13.7. The van der Waals surface area contributed by atoms with Crippen LogP contribution in [0.3, 0.4) is 0 Å². The molecule has 0 unspecified atom stereocenters. The van der Waals surface area contributed by atoms with Crippen molar-refractivity contribution in [3.05, 3.63) is 87.3 Å². The molecule has 3 aromatic carbocycles. The average molecular weight is 487 g/mol. The first kappa shape index (κ1) is 24.6. The van der Waals surface area contributed by atoms with Crippen LogP contribution < -0.4 is 14.4 Å². The van der Waals surface area contributed by atoms with Crippen molar-refractivity contribution >= 4 is 40.3 Å². The number of benzene rings is 3. The van der Waals surface area contributed by atoms with Crippen LogP contribution in [0.25, 0.3) is 6.08 Å². The van der Waals surface area contributed by atoms with Crippen LogP contribution in [0.5, 0.6) is 11.5 Å². The molecule has 6 heteroatoms. The summed E-state index contributed by atoms with van der Waals surface area (Å²) in [6, 6.07) is 17.8. The van der Waals surface area contributed by atoms with Crippen LogP contribution in [0.15, 0.2) is 64.5 Å². The van der Waals surface area contributed by atoms with Crippen molar-refractivity contribution in [1.82, 2.24) is 0 Å². The number of amidine groups is 1. The number of nitrogens with zero attached hydrogens (tertiary/aromatic N) is 2. The highest BCUT2D eigenvalue weighted by Gasteiger charge is 2.35. The summed E-state index contributed by atoms with van der Waals surface area (Å²) in [4.78, 5) is 20.8. The summed E-state index contributed by atoms with van der Waals surface area (Å²) >= 11 is 1.38. The largest absolute Gasteiger partial charge is 0.493 e. The van der Waals surface area contributed by atoms with Gasteiger partial charge in [-0.05, 0) is 117 Å². The first-order valence-corrected chi connectivity index (χ1v) is 12.4. The van der Waals surface area contributed by atoms with Crippen molar-refractivity contribution in [2.45, 2.75) is 34.6 Å². The maximum Gasteiger partial charge on any atom is 0.271 e. The molecule has 0 atom stereocenters. The Hall–Kier alpha value is -3.51. The molecule has 0 radical (unpaired) electrons. The van der Waals surface area contributed by atoms with E-state index in [1.807, 2.05) is 61.5 Å². The van der Waals surface area contributed by atoms with Crippen molar-refractivity contribution in [3.63, 3.8) is 0 Å². The van der Waals surface area contributed by atoms with E-state index in [0.717, 1.165) is 28.1 Å². The number of rotatable bonds is 6. The summed E-state index contributed by atoms with van der Waals surface area (Å²) in [5, 5.41) is 0.631. The number of thioether (sulfide) groups is 1.